The molecule has 0 aliphatic heterocycles. The highest BCUT2D eigenvalue weighted by molar-refractivity contribution is 7.92. The number of aliphatic hydroxyl groups excluding tert-OH is 1. The molecule has 2 aromatic rings. The topological polar surface area (TPSA) is 80.6 Å². The molecule has 0 atom stereocenters. The van der Waals surface area contributed by atoms with Crippen molar-refractivity contribution in [3.63, 3.8) is 0 Å². The summed E-state index contributed by atoms with van der Waals surface area (Å²) < 4.78 is 33.8. The molecule has 0 amide bonds. The number of aliphatic hydroxyl groups is 1. The number of rotatable bonds is 5. The van der Waals surface area contributed by atoms with Gasteiger partial charge in [-0.2, -0.15) is 0 Å². The average Bonchev–Trinajstić information content (AvgIpc) is 2.81. The number of sulfonamides is 1. The third kappa shape index (κ3) is 3.31. The molecule has 0 fully saturated rings. The molecular weight excluding hydrogens is 316 g/mol. The van der Waals surface area contributed by atoms with Crippen molar-refractivity contribution in [2.75, 3.05) is 11.8 Å². The van der Waals surface area contributed by atoms with E-state index in [1.54, 1.807) is 23.7 Å². The van der Waals surface area contributed by atoms with E-state index in [9.17, 15) is 8.42 Å². The molecule has 0 spiro atoms. The Hall–Kier alpha value is -1.70. The van der Waals surface area contributed by atoms with Gasteiger partial charge in [0.2, 0.25) is 0 Å². The third-order valence-corrected chi connectivity index (χ3v) is 4.53. The second-order valence-corrected chi connectivity index (χ2v) is 6.51. The van der Waals surface area contributed by atoms with Crippen LogP contribution in [0.25, 0.3) is 0 Å². The monoisotopic (exact) mass is 330 g/mol. The van der Waals surface area contributed by atoms with Crippen LogP contribution in [0.2, 0.25) is 5.02 Å². The Morgan fingerprint density at radius 2 is 2.10 bits per heavy atom. The van der Waals surface area contributed by atoms with Crippen LogP contribution in [0, 0.1) is 0 Å². The van der Waals surface area contributed by atoms with Gasteiger partial charge in [-0.3, -0.25) is 4.72 Å². The molecule has 0 aliphatic carbocycles. The summed E-state index contributed by atoms with van der Waals surface area (Å²) in [5.74, 6) is 0.362. The lowest BCUT2D eigenvalue weighted by Crippen LogP contribution is -2.13. The van der Waals surface area contributed by atoms with Crippen molar-refractivity contribution in [2.45, 2.75) is 11.5 Å². The molecule has 0 saturated heterocycles. The van der Waals surface area contributed by atoms with Gasteiger partial charge in [0.1, 0.15) is 10.6 Å². The first kappa shape index (κ1) is 15.7. The second-order valence-electron chi connectivity index (χ2n) is 4.39. The van der Waals surface area contributed by atoms with Crippen LogP contribution < -0.4 is 9.46 Å². The molecule has 2 rings (SSSR count). The molecule has 0 unspecified atom stereocenters. The molecule has 1 aromatic heterocycles. The van der Waals surface area contributed by atoms with E-state index in [0.717, 1.165) is 0 Å². The zero-order valence-corrected chi connectivity index (χ0v) is 13.1. The van der Waals surface area contributed by atoms with Crippen LogP contribution in [0.3, 0.4) is 0 Å². The maximum atomic E-state index is 12.4. The van der Waals surface area contributed by atoms with E-state index in [1.165, 1.54) is 25.4 Å². The van der Waals surface area contributed by atoms with E-state index in [0.29, 0.717) is 16.5 Å². The summed E-state index contributed by atoms with van der Waals surface area (Å²) >= 11 is 5.87. The van der Waals surface area contributed by atoms with E-state index < -0.39 is 10.0 Å². The van der Waals surface area contributed by atoms with Crippen LogP contribution in [0.15, 0.2) is 35.4 Å². The summed E-state index contributed by atoms with van der Waals surface area (Å²) in [5.41, 5.74) is 0.743. The minimum Gasteiger partial charge on any atom is -0.495 e. The van der Waals surface area contributed by atoms with Gasteiger partial charge in [0.05, 0.1) is 19.4 Å². The highest BCUT2D eigenvalue weighted by atomic mass is 35.5. The van der Waals surface area contributed by atoms with Gasteiger partial charge < -0.3 is 14.4 Å². The second kappa shape index (κ2) is 5.97. The van der Waals surface area contributed by atoms with Gasteiger partial charge in [-0.15, -0.1) is 0 Å². The SMILES string of the molecule is COc1ccc(Cl)cc1NS(=O)(=O)c1cc(CO)n(C)c1. The summed E-state index contributed by atoms with van der Waals surface area (Å²) in [6.07, 6.45) is 1.42. The van der Waals surface area contributed by atoms with Gasteiger partial charge in [-0.05, 0) is 24.3 Å². The number of ether oxygens (including phenoxy) is 1. The number of halogens is 1. The molecule has 0 bridgehead atoms. The summed E-state index contributed by atoms with van der Waals surface area (Å²) in [6, 6.07) is 6.04. The number of aryl methyl sites for hydroxylation is 1. The first-order valence-corrected chi connectivity index (χ1v) is 7.86. The third-order valence-electron chi connectivity index (χ3n) is 2.96. The van der Waals surface area contributed by atoms with Crippen molar-refractivity contribution in [3.05, 3.63) is 41.2 Å². The summed E-state index contributed by atoms with van der Waals surface area (Å²) in [6.45, 7) is -0.244. The number of methoxy groups -OCH3 is 1. The molecule has 2 N–H and O–H groups in total. The Kier molecular flexibility index (Phi) is 4.46. The lowest BCUT2D eigenvalue weighted by molar-refractivity contribution is 0.272. The molecule has 1 heterocycles. The molecule has 0 saturated carbocycles. The molecular formula is C13H15ClN2O4S. The molecule has 8 heteroatoms. The number of nitrogens with one attached hydrogen (secondary N) is 1. The fourth-order valence-electron chi connectivity index (χ4n) is 1.84. The minimum absolute atomic E-state index is 0.0519. The Morgan fingerprint density at radius 1 is 1.38 bits per heavy atom. The van der Waals surface area contributed by atoms with Crippen molar-refractivity contribution in [2.24, 2.45) is 7.05 Å². The number of aromatic nitrogens is 1. The Balaban J connectivity index is 2.39. The van der Waals surface area contributed by atoms with E-state index >= 15 is 0 Å². The van der Waals surface area contributed by atoms with E-state index in [1.807, 2.05) is 0 Å². The molecule has 1 aromatic carbocycles. The Bertz CT molecular complexity index is 756. The molecule has 21 heavy (non-hydrogen) atoms. The zero-order valence-electron chi connectivity index (χ0n) is 11.5. The molecule has 6 nitrogen and oxygen atoms in total. The van der Waals surface area contributed by atoms with Crippen molar-refractivity contribution < 1.29 is 18.3 Å². The maximum absolute atomic E-state index is 12.4. The van der Waals surface area contributed by atoms with Crippen LogP contribution >= 0.6 is 11.6 Å². The maximum Gasteiger partial charge on any atom is 0.263 e. The van der Waals surface area contributed by atoms with Crippen LogP contribution in [0.5, 0.6) is 5.75 Å². The number of anilines is 1. The zero-order chi connectivity index (χ0) is 15.6. The highest BCUT2D eigenvalue weighted by Gasteiger charge is 2.19. The fourth-order valence-corrected chi connectivity index (χ4v) is 3.17. The van der Waals surface area contributed by atoms with E-state index in [2.05, 4.69) is 4.72 Å². The van der Waals surface area contributed by atoms with Crippen LogP contribution in [-0.2, 0) is 23.7 Å². The van der Waals surface area contributed by atoms with E-state index in [-0.39, 0.29) is 17.2 Å². The fraction of sp³-hybridized carbons (Fsp3) is 0.231. The number of nitrogens with zero attached hydrogens (tertiary/aromatic N) is 1. The van der Waals surface area contributed by atoms with Gasteiger partial charge in [0.15, 0.2) is 0 Å². The average molecular weight is 331 g/mol. The highest BCUT2D eigenvalue weighted by Crippen LogP contribution is 2.30. The van der Waals surface area contributed by atoms with Crippen molar-refractivity contribution in [1.82, 2.24) is 4.57 Å². The number of hydrogen-bond acceptors (Lipinski definition) is 4. The largest absolute Gasteiger partial charge is 0.495 e. The van der Waals surface area contributed by atoms with Crippen LogP contribution in [0.4, 0.5) is 5.69 Å². The lowest BCUT2D eigenvalue weighted by atomic mass is 10.3. The smallest absolute Gasteiger partial charge is 0.263 e. The lowest BCUT2D eigenvalue weighted by Gasteiger charge is -2.11. The van der Waals surface area contributed by atoms with Crippen molar-refractivity contribution in [1.29, 1.82) is 0 Å². The van der Waals surface area contributed by atoms with Gasteiger partial charge >= 0.3 is 0 Å². The van der Waals surface area contributed by atoms with Crippen molar-refractivity contribution >= 4 is 27.3 Å². The van der Waals surface area contributed by atoms with Gasteiger partial charge in [-0.1, -0.05) is 11.6 Å². The predicted octanol–water partition coefficient (Wildman–Crippen LogP) is 1.98. The molecule has 0 radical (unpaired) electrons. The minimum atomic E-state index is -3.80. The van der Waals surface area contributed by atoms with Crippen LogP contribution in [0.1, 0.15) is 5.69 Å². The quantitative estimate of drug-likeness (QED) is 0.878. The first-order valence-electron chi connectivity index (χ1n) is 6.00. The summed E-state index contributed by atoms with van der Waals surface area (Å²) in [5, 5.41) is 9.52. The Morgan fingerprint density at radius 3 is 2.67 bits per heavy atom. The van der Waals surface area contributed by atoms with Gasteiger partial charge in [0, 0.05) is 24.0 Å². The normalized spacial score (nSPS) is 11.4. The summed E-state index contributed by atoms with van der Waals surface area (Å²) in [4.78, 5) is 0.0519. The predicted molar refractivity (Wildman–Crippen MR) is 80.1 cm³/mol. The standard InChI is InChI=1S/C13H15ClN2O4S/c1-16-7-11(6-10(16)8-17)21(18,19)15-12-5-9(14)3-4-13(12)20-2/h3-7,15,17H,8H2,1-2H3. The van der Waals surface area contributed by atoms with Gasteiger partial charge in [-0.25, -0.2) is 8.42 Å². The van der Waals surface area contributed by atoms with E-state index in [4.69, 9.17) is 21.4 Å². The Labute approximate surface area is 128 Å². The number of hydrogen-bond donors (Lipinski definition) is 2. The summed E-state index contributed by atoms with van der Waals surface area (Å²) in [7, 11) is -0.700. The first-order chi connectivity index (χ1) is 9.87. The van der Waals surface area contributed by atoms with Crippen molar-refractivity contribution in [3.8, 4) is 5.75 Å². The number of benzene rings is 1. The van der Waals surface area contributed by atoms with Gasteiger partial charge in [0.25, 0.3) is 10.0 Å². The molecule has 114 valence electrons. The van der Waals surface area contributed by atoms with Crippen LogP contribution in [-0.4, -0.2) is 25.2 Å². The molecule has 0 aliphatic rings.